The Morgan fingerprint density at radius 1 is 0.939 bits per heavy atom. The highest BCUT2D eigenvalue weighted by atomic mass is 32.2. The number of ether oxygens (including phenoxy) is 2. The molecule has 0 atom stereocenters. The van der Waals surface area contributed by atoms with Gasteiger partial charge >= 0.3 is 0 Å². The highest BCUT2D eigenvalue weighted by Gasteiger charge is 2.10. The van der Waals surface area contributed by atoms with E-state index in [1.807, 2.05) is 83.4 Å². The van der Waals surface area contributed by atoms with Gasteiger partial charge in [0.2, 0.25) is 5.91 Å². The van der Waals surface area contributed by atoms with Gasteiger partial charge < -0.3 is 14.8 Å². The molecule has 0 spiro atoms. The first kappa shape index (κ1) is 22.4. The number of benzene rings is 3. The van der Waals surface area contributed by atoms with Gasteiger partial charge in [-0.2, -0.15) is 0 Å². The van der Waals surface area contributed by atoms with Gasteiger partial charge in [-0.3, -0.25) is 9.36 Å². The van der Waals surface area contributed by atoms with E-state index in [9.17, 15) is 4.79 Å². The number of nitrogens with zero attached hydrogens (tertiary/aromatic N) is 3. The molecule has 1 aromatic heterocycles. The van der Waals surface area contributed by atoms with Gasteiger partial charge in [0, 0.05) is 12.2 Å². The molecule has 33 heavy (non-hydrogen) atoms. The summed E-state index contributed by atoms with van der Waals surface area (Å²) < 4.78 is 12.8. The van der Waals surface area contributed by atoms with Crippen LogP contribution >= 0.6 is 11.8 Å². The molecule has 0 aliphatic carbocycles. The number of carbonyl (C=O) groups excluding carboxylic acids is 1. The number of carbonyl (C=O) groups is 1. The molecule has 1 N–H and O–H groups in total. The lowest BCUT2D eigenvalue weighted by Gasteiger charge is -2.09. The van der Waals surface area contributed by atoms with Gasteiger partial charge in [0.1, 0.15) is 24.4 Å². The first-order valence-corrected chi connectivity index (χ1v) is 11.4. The number of hydrogen-bond donors (Lipinski definition) is 1. The van der Waals surface area contributed by atoms with Crippen molar-refractivity contribution in [3.63, 3.8) is 0 Å². The molecule has 7 nitrogen and oxygen atoms in total. The third-order valence-electron chi connectivity index (χ3n) is 4.86. The van der Waals surface area contributed by atoms with Crippen LogP contribution in [0, 0.1) is 0 Å². The van der Waals surface area contributed by atoms with E-state index in [1.165, 1.54) is 11.8 Å². The van der Waals surface area contributed by atoms with Crippen LogP contribution in [0.4, 0.5) is 0 Å². The molecule has 4 rings (SSSR count). The standard InChI is InChI=1S/C25H24N4O3S/c1-31-22-13-11-21(12-14-22)29-18-27-28-25(29)33-17-24(30)26-15-19-7-9-20(10-8-19)16-32-23-5-3-2-4-6-23/h2-14,18H,15-17H2,1H3,(H,26,30). The molecule has 4 aromatic rings. The van der Waals surface area contributed by atoms with Crippen molar-refractivity contribution in [2.24, 2.45) is 0 Å². The molecular weight excluding hydrogens is 436 g/mol. The second kappa shape index (κ2) is 11.2. The Morgan fingerprint density at radius 3 is 2.39 bits per heavy atom. The molecule has 0 saturated carbocycles. The number of rotatable bonds is 10. The van der Waals surface area contributed by atoms with Crippen LogP contribution in [0.5, 0.6) is 11.5 Å². The number of methoxy groups -OCH3 is 1. The van der Waals surface area contributed by atoms with Crippen LogP contribution in [0.15, 0.2) is 90.3 Å². The smallest absolute Gasteiger partial charge is 0.230 e. The zero-order valence-electron chi connectivity index (χ0n) is 18.2. The molecule has 3 aromatic carbocycles. The minimum Gasteiger partial charge on any atom is -0.497 e. The van der Waals surface area contributed by atoms with Crippen LogP contribution in [0.1, 0.15) is 11.1 Å². The predicted molar refractivity (Wildman–Crippen MR) is 128 cm³/mol. The zero-order valence-corrected chi connectivity index (χ0v) is 19.0. The molecular formula is C25H24N4O3S. The highest BCUT2D eigenvalue weighted by Crippen LogP contribution is 2.21. The van der Waals surface area contributed by atoms with Gasteiger partial charge in [-0.05, 0) is 47.5 Å². The third-order valence-corrected chi connectivity index (χ3v) is 5.80. The lowest BCUT2D eigenvalue weighted by molar-refractivity contribution is -0.118. The van der Waals surface area contributed by atoms with Crippen molar-refractivity contribution in [2.75, 3.05) is 12.9 Å². The summed E-state index contributed by atoms with van der Waals surface area (Å²) in [7, 11) is 1.63. The summed E-state index contributed by atoms with van der Waals surface area (Å²) in [5.41, 5.74) is 3.00. The molecule has 1 heterocycles. The van der Waals surface area contributed by atoms with Crippen LogP contribution in [0.2, 0.25) is 0 Å². The van der Waals surface area contributed by atoms with E-state index in [0.29, 0.717) is 18.3 Å². The third kappa shape index (κ3) is 6.36. The zero-order chi connectivity index (χ0) is 22.9. The quantitative estimate of drug-likeness (QED) is 0.356. The van der Waals surface area contributed by atoms with Crippen LogP contribution in [-0.4, -0.2) is 33.5 Å². The van der Waals surface area contributed by atoms with E-state index in [1.54, 1.807) is 13.4 Å². The predicted octanol–water partition coefficient (Wildman–Crippen LogP) is 4.26. The maximum absolute atomic E-state index is 12.3. The van der Waals surface area contributed by atoms with Crippen molar-refractivity contribution in [2.45, 2.75) is 18.3 Å². The molecule has 0 fully saturated rings. The summed E-state index contributed by atoms with van der Waals surface area (Å²) in [5.74, 6) is 1.80. The van der Waals surface area contributed by atoms with E-state index in [4.69, 9.17) is 9.47 Å². The summed E-state index contributed by atoms with van der Waals surface area (Å²) in [6, 6.07) is 25.3. The van der Waals surface area contributed by atoms with E-state index < -0.39 is 0 Å². The van der Waals surface area contributed by atoms with Crippen LogP contribution in [0.25, 0.3) is 5.69 Å². The summed E-state index contributed by atoms with van der Waals surface area (Å²) in [4.78, 5) is 12.3. The maximum atomic E-state index is 12.3. The fraction of sp³-hybridized carbons (Fsp3) is 0.160. The van der Waals surface area contributed by atoms with Crippen LogP contribution in [-0.2, 0) is 17.9 Å². The van der Waals surface area contributed by atoms with Crippen molar-refractivity contribution >= 4 is 17.7 Å². The van der Waals surface area contributed by atoms with Gasteiger partial charge in [-0.25, -0.2) is 0 Å². The summed E-state index contributed by atoms with van der Waals surface area (Å²) in [5, 5.41) is 11.7. The van der Waals surface area contributed by atoms with E-state index in [2.05, 4.69) is 15.5 Å². The minimum atomic E-state index is -0.0687. The average molecular weight is 461 g/mol. The topological polar surface area (TPSA) is 78.3 Å². The Hall–Kier alpha value is -3.78. The van der Waals surface area contributed by atoms with Gasteiger partial charge in [-0.15, -0.1) is 10.2 Å². The average Bonchev–Trinajstić information content (AvgIpc) is 3.35. The number of hydrogen-bond acceptors (Lipinski definition) is 6. The number of nitrogens with one attached hydrogen (secondary N) is 1. The van der Waals surface area contributed by atoms with Crippen molar-refractivity contribution in [1.82, 2.24) is 20.1 Å². The number of aromatic nitrogens is 3. The maximum Gasteiger partial charge on any atom is 0.230 e. The number of amides is 1. The molecule has 8 heteroatoms. The molecule has 0 aliphatic heterocycles. The second-order valence-corrected chi connectivity index (χ2v) is 8.11. The van der Waals surface area contributed by atoms with Crippen LogP contribution in [0.3, 0.4) is 0 Å². The monoisotopic (exact) mass is 460 g/mol. The second-order valence-electron chi connectivity index (χ2n) is 7.17. The minimum absolute atomic E-state index is 0.0687. The Kier molecular flexibility index (Phi) is 7.60. The molecule has 0 saturated heterocycles. The number of thioether (sulfide) groups is 1. The highest BCUT2D eigenvalue weighted by molar-refractivity contribution is 7.99. The molecule has 0 radical (unpaired) electrons. The Bertz CT molecular complexity index is 1160. The first-order chi connectivity index (χ1) is 16.2. The van der Waals surface area contributed by atoms with Gasteiger partial charge in [-0.1, -0.05) is 54.2 Å². The Morgan fingerprint density at radius 2 is 1.67 bits per heavy atom. The fourth-order valence-electron chi connectivity index (χ4n) is 3.06. The molecule has 0 unspecified atom stereocenters. The van der Waals surface area contributed by atoms with Crippen LogP contribution < -0.4 is 14.8 Å². The Balaban J connectivity index is 1.23. The van der Waals surface area contributed by atoms with Crippen molar-refractivity contribution in [1.29, 1.82) is 0 Å². The van der Waals surface area contributed by atoms with Crippen molar-refractivity contribution < 1.29 is 14.3 Å². The largest absolute Gasteiger partial charge is 0.497 e. The van der Waals surface area contributed by atoms with E-state index >= 15 is 0 Å². The molecule has 0 bridgehead atoms. The van der Waals surface area contributed by atoms with Gasteiger partial charge in [0.25, 0.3) is 0 Å². The van der Waals surface area contributed by atoms with E-state index in [0.717, 1.165) is 28.3 Å². The lowest BCUT2D eigenvalue weighted by atomic mass is 10.1. The SMILES string of the molecule is COc1ccc(-n2cnnc2SCC(=O)NCc2ccc(COc3ccccc3)cc2)cc1. The number of para-hydroxylation sites is 1. The lowest BCUT2D eigenvalue weighted by Crippen LogP contribution is -2.24. The molecule has 0 aliphatic rings. The normalized spacial score (nSPS) is 10.6. The van der Waals surface area contributed by atoms with Crippen molar-refractivity contribution in [3.05, 3.63) is 96.3 Å². The van der Waals surface area contributed by atoms with Gasteiger partial charge in [0.15, 0.2) is 5.16 Å². The molecule has 1 amide bonds. The van der Waals surface area contributed by atoms with E-state index in [-0.39, 0.29) is 11.7 Å². The van der Waals surface area contributed by atoms with Crippen molar-refractivity contribution in [3.8, 4) is 17.2 Å². The first-order valence-electron chi connectivity index (χ1n) is 10.4. The fourth-order valence-corrected chi connectivity index (χ4v) is 3.82. The van der Waals surface area contributed by atoms with Gasteiger partial charge in [0.05, 0.1) is 12.9 Å². The summed E-state index contributed by atoms with van der Waals surface area (Å²) in [6.45, 7) is 0.965. The summed E-state index contributed by atoms with van der Waals surface area (Å²) in [6.07, 6.45) is 1.63. The Labute approximate surface area is 196 Å². The molecule has 168 valence electrons. The summed E-state index contributed by atoms with van der Waals surface area (Å²) >= 11 is 1.34.